The molecule has 1 fully saturated rings. The smallest absolute Gasteiger partial charge is 0.242 e. The molecule has 1 aliphatic heterocycles. The Labute approximate surface area is 107 Å². The molecule has 96 valence electrons. The molecule has 1 amide bonds. The van der Waals surface area contributed by atoms with Gasteiger partial charge in [0.05, 0.1) is 12.1 Å². The van der Waals surface area contributed by atoms with Crippen LogP contribution in [0.15, 0.2) is 18.5 Å². The van der Waals surface area contributed by atoms with Crippen LogP contribution in [0.4, 0.5) is 0 Å². The summed E-state index contributed by atoms with van der Waals surface area (Å²) in [6.07, 6.45) is 5.66. The van der Waals surface area contributed by atoms with E-state index in [1.807, 2.05) is 16.9 Å². The molecule has 2 heterocycles. The van der Waals surface area contributed by atoms with E-state index in [-0.39, 0.29) is 11.9 Å². The molecule has 0 spiro atoms. The Morgan fingerprint density at radius 3 is 2.94 bits per heavy atom. The summed E-state index contributed by atoms with van der Waals surface area (Å²) in [5.74, 6) is -0.0816. The zero-order valence-corrected chi connectivity index (χ0v) is 10.8. The second-order valence-corrected chi connectivity index (χ2v) is 5.27. The Kier molecular flexibility index (Phi) is 3.37. The van der Waals surface area contributed by atoms with Crippen LogP contribution in [0.5, 0.6) is 0 Å². The highest BCUT2D eigenvalue weighted by molar-refractivity contribution is 5.84. The highest BCUT2D eigenvalue weighted by Crippen LogP contribution is 2.25. The van der Waals surface area contributed by atoms with Gasteiger partial charge in [-0.25, -0.2) is 0 Å². The van der Waals surface area contributed by atoms with Gasteiger partial charge in [0, 0.05) is 25.5 Å². The van der Waals surface area contributed by atoms with Gasteiger partial charge in [0.1, 0.15) is 5.41 Å². The molecule has 0 bridgehead atoms. The number of hydrogen-bond acceptors (Lipinski definition) is 3. The number of rotatable bonds is 2. The molecule has 0 N–H and O–H groups in total. The summed E-state index contributed by atoms with van der Waals surface area (Å²) in [5.41, 5.74) is -0.938. The summed E-state index contributed by atoms with van der Waals surface area (Å²) < 4.78 is 1.90. The molecule has 18 heavy (non-hydrogen) atoms. The van der Waals surface area contributed by atoms with Crippen molar-refractivity contribution in [2.45, 2.75) is 32.7 Å². The minimum atomic E-state index is -0.938. The van der Waals surface area contributed by atoms with Gasteiger partial charge in [0.25, 0.3) is 0 Å². The van der Waals surface area contributed by atoms with Gasteiger partial charge in [-0.2, -0.15) is 10.4 Å². The van der Waals surface area contributed by atoms with Crippen LogP contribution in [0.25, 0.3) is 0 Å². The molecule has 0 aliphatic carbocycles. The third-order valence-electron chi connectivity index (χ3n) is 3.40. The van der Waals surface area contributed by atoms with Crippen LogP contribution in [0, 0.1) is 16.7 Å². The maximum absolute atomic E-state index is 12.2. The minimum Gasteiger partial charge on any atom is -0.339 e. The molecular formula is C13H18N4O. The molecule has 5 heteroatoms. The minimum absolute atomic E-state index is 0.0816. The maximum atomic E-state index is 12.2. The fourth-order valence-electron chi connectivity index (χ4n) is 2.29. The quantitative estimate of drug-likeness (QED) is 0.796. The van der Waals surface area contributed by atoms with E-state index >= 15 is 0 Å². The predicted octanol–water partition coefficient (Wildman–Crippen LogP) is 1.60. The number of nitrogens with zero attached hydrogens (tertiary/aromatic N) is 4. The first-order valence-corrected chi connectivity index (χ1v) is 6.24. The van der Waals surface area contributed by atoms with Gasteiger partial charge < -0.3 is 4.90 Å². The summed E-state index contributed by atoms with van der Waals surface area (Å²) >= 11 is 0. The van der Waals surface area contributed by atoms with Gasteiger partial charge in [0.15, 0.2) is 0 Å². The Balaban J connectivity index is 2.08. The molecule has 1 saturated heterocycles. The highest BCUT2D eigenvalue weighted by atomic mass is 16.2. The van der Waals surface area contributed by atoms with E-state index in [9.17, 15) is 4.79 Å². The molecule has 0 aromatic carbocycles. The number of carbonyl (C=O) groups excluding carboxylic acids is 1. The molecule has 5 nitrogen and oxygen atoms in total. The van der Waals surface area contributed by atoms with Crippen molar-refractivity contribution in [3.8, 4) is 6.07 Å². The lowest BCUT2D eigenvalue weighted by atomic mass is 9.92. The number of hydrogen-bond donors (Lipinski definition) is 0. The van der Waals surface area contributed by atoms with E-state index in [0.717, 1.165) is 19.4 Å². The first-order chi connectivity index (χ1) is 8.54. The topological polar surface area (TPSA) is 61.9 Å². The van der Waals surface area contributed by atoms with Crippen molar-refractivity contribution in [3.63, 3.8) is 0 Å². The average Bonchev–Trinajstić information content (AvgIpc) is 2.92. The Hall–Kier alpha value is -1.83. The van der Waals surface area contributed by atoms with Crippen molar-refractivity contribution in [1.29, 1.82) is 5.26 Å². The van der Waals surface area contributed by atoms with Crippen LogP contribution in [0.3, 0.4) is 0 Å². The van der Waals surface area contributed by atoms with Crippen molar-refractivity contribution in [2.75, 3.05) is 13.1 Å². The molecule has 0 saturated carbocycles. The van der Waals surface area contributed by atoms with Gasteiger partial charge in [-0.3, -0.25) is 9.48 Å². The third-order valence-corrected chi connectivity index (χ3v) is 3.40. The highest BCUT2D eigenvalue weighted by Gasteiger charge is 2.34. The Morgan fingerprint density at radius 1 is 1.56 bits per heavy atom. The molecule has 1 aliphatic rings. The molecule has 1 atom stereocenters. The van der Waals surface area contributed by atoms with Crippen LogP contribution in [0.2, 0.25) is 0 Å². The zero-order valence-electron chi connectivity index (χ0n) is 10.8. The Bertz CT molecular complexity index is 458. The second kappa shape index (κ2) is 4.81. The van der Waals surface area contributed by atoms with Crippen molar-refractivity contribution in [1.82, 2.24) is 14.7 Å². The van der Waals surface area contributed by atoms with Gasteiger partial charge >= 0.3 is 0 Å². The third kappa shape index (κ3) is 2.37. The van der Waals surface area contributed by atoms with E-state index in [1.54, 1.807) is 24.9 Å². The first kappa shape index (κ1) is 12.6. The fourth-order valence-corrected chi connectivity index (χ4v) is 2.29. The lowest BCUT2D eigenvalue weighted by molar-refractivity contribution is -0.139. The molecular weight excluding hydrogens is 228 g/mol. The van der Waals surface area contributed by atoms with Crippen molar-refractivity contribution >= 4 is 5.91 Å². The van der Waals surface area contributed by atoms with Gasteiger partial charge in [-0.15, -0.1) is 0 Å². The van der Waals surface area contributed by atoms with Gasteiger partial charge in [-0.05, 0) is 32.8 Å². The number of likely N-dealkylation sites (tertiary alicyclic amines) is 1. The van der Waals surface area contributed by atoms with Gasteiger partial charge in [-0.1, -0.05) is 0 Å². The summed E-state index contributed by atoms with van der Waals surface area (Å²) in [6, 6.07) is 4.19. The fraction of sp³-hybridized carbons (Fsp3) is 0.615. The molecule has 1 aromatic heterocycles. The first-order valence-electron chi connectivity index (χ1n) is 6.24. The van der Waals surface area contributed by atoms with Crippen molar-refractivity contribution in [2.24, 2.45) is 5.41 Å². The van der Waals surface area contributed by atoms with Crippen molar-refractivity contribution < 1.29 is 4.79 Å². The van der Waals surface area contributed by atoms with Crippen LogP contribution >= 0.6 is 0 Å². The van der Waals surface area contributed by atoms with E-state index in [2.05, 4.69) is 11.2 Å². The summed E-state index contributed by atoms with van der Waals surface area (Å²) in [7, 11) is 0. The van der Waals surface area contributed by atoms with Crippen LogP contribution in [-0.4, -0.2) is 33.7 Å². The van der Waals surface area contributed by atoms with E-state index < -0.39 is 5.41 Å². The predicted molar refractivity (Wildman–Crippen MR) is 66.5 cm³/mol. The largest absolute Gasteiger partial charge is 0.339 e. The molecule has 1 aromatic rings. The van der Waals surface area contributed by atoms with Crippen LogP contribution in [-0.2, 0) is 4.79 Å². The number of amides is 1. The van der Waals surface area contributed by atoms with E-state index in [1.165, 1.54) is 0 Å². The standard InChI is InChI=1S/C13H18N4O/c1-13(2,10-14)12(18)16-7-3-5-11(9-16)17-8-4-6-15-17/h4,6,8,11H,3,5,7,9H2,1-2H3. The average molecular weight is 246 g/mol. The van der Waals surface area contributed by atoms with E-state index in [4.69, 9.17) is 5.26 Å². The lowest BCUT2D eigenvalue weighted by Gasteiger charge is -2.35. The number of piperidine rings is 1. The molecule has 1 unspecified atom stereocenters. The lowest BCUT2D eigenvalue weighted by Crippen LogP contribution is -2.46. The summed E-state index contributed by atoms with van der Waals surface area (Å²) in [5, 5.41) is 13.3. The summed E-state index contributed by atoms with van der Waals surface area (Å²) in [4.78, 5) is 14.0. The number of aromatic nitrogens is 2. The maximum Gasteiger partial charge on any atom is 0.242 e. The number of nitriles is 1. The summed E-state index contributed by atoms with van der Waals surface area (Å²) in [6.45, 7) is 4.73. The monoisotopic (exact) mass is 246 g/mol. The van der Waals surface area contributed by atoms with Crippen LogP contribution in [0.1, 0.15) is 32.7 Å². The SMILES string of the molecule is CC(C)(C#N)C(=O)N1CCCC(n2cccn2)C1. The van der Waals surface area contributed by atoms with E-state index in [0.29, 0.717) is 6.54 Å². The zero-order chi connectivity index (χ0) is 13.2. The Morgan fingerprint density at radius 2 is 2.33 bits per heavy atom. The van der Waals surface area contributed by atoms with Gasteiger partial charge in [0.2, 0.25) is 5.91 Å². The molecule has 0 radical (unpaired) electrons. The van der Waals surface area contributed by atoms with Crippen molar-refractivity contribution in [3.05, 3.63) is 18.5 Å². The molecule has 2 rings (SSSR count). The normalized spacial score (nSPS) is 20.5. The van der Waals surface area contributed by atoms with Crippen LogP contribution < -0.4 is 0 Å². The number of carbonyl (C=O) groups is 1. The second-order valence-electron chi connectivity index (χ2n) is 5.27.